The van der Waals surface area contributed by atoms with Crippen LogP contribution in [0, 0.1) is 0 Å². The van der Waals surface area contributed by atoms with E-state index in [9.17, 15) is 9.00 Å². The van der Waals surface area contributed by atoms with Gasteiger partial charge in [-0.2, -0.15) is 0 Å². The summed E-state index contributed by atoms with van der Waals surface area (Å²) in [6.45, 7) is 3.59. The molecule has 0 aliphatic heterocycles. The second-order valence-electron chi connectivity index (χ2n) is 2.21. The van der Waals surface area contributed by atoms with E-state index >= 15 is 0 Å². The Labute approximate surface area is 69.0 Å². The average molecular weight is 179 g/mol. The highest BCUT2D eigenvalue weighted by atomic mass is 32.2. The molecule has 0 fully saturated rings. The lowest BCUT2D eigenvalue weighted by molar-refractivity contribution is -0.124. The second-order valence-corrected chi connectivity index (χ2v) is 3.11. The topological polar surface area (TPSA) is 57.6 Å². The molecule has 0 heterocycles. The summed E-state index contributed by atoms with van der Waals surface area (Å²) in [6.07, 6.45) is 1.66. The number of hydrogen-bond donors (Lipinski definition) is 1. The van der Waals surface area contributed by atoms with Crippen LogP contribution in [0.15, 0.2) is 0 Å². The van der Waals surface area contributed by atoms with Gasteiger partial charge in [0.1, 0.15) is 0 Å². The molecule has 11 heavy (non-hydrogen) atoms. The smallest absolute Gasteiger partial charge is 0.264 e. The number of hydrogen-bond acceptors (Lipinski definition) is 2. The quantitative estimate of drug-likeness (QED) is 0.648. The Kier molecular flexibility index (Phi) is 5.06. The summed E-state index contributed by atoms with van der Waals surface area (Å²) < 4.78 is 20.0. The van der Waals surface area contributed by atoms with E-state index in [1.807, 2.05) is 6.92 Å². The molecule has 0 aliphatic carbocycles. The zero-order valence-electron chi connectivity index (χ0n) is 6.74. The van der Waals surface area contributed by atoms with Crippen LogP contribution in [0.3, 0.4) is 0 Å². The highest BCUT2D eigenvalue weighted by Crippen LogP contribution is 1.97. The van der Waals surface area contributed by atoms with Gasteiger partial charge in [0.15, 0.2) is 0 Å². The lowest BCUT2D eigenvalue weighted by Gasteiger charge is -2.14. The molecule has 0 spiro atoms. The highest BCUT2D eigenvalue weighted by molar-refractivity contribution is 7.77. The molecule has 66 valence electrons. The molecule has 0 radical (unpaired) electrons. The van der Waals surface area contributed by atoms with E-state index in [1.54, 1.807) is 0 Å². The number of unbranched alkanes of at least 4 members (excludes halogenated alkanes) is 1. The molecule has 0 aromatic rings. The minimum Gasteiger partial charge on any atom is -0.289 e. The monoisotopic (exact) mass is 179 g/mol. The van der Waals surface area contributed by atoms with Crippen LogP contribution in [0.1, 0.15) is 26.7 Å². The van der Waals surface area contributed by atoms with Gasteiger partial charge in [-0.25, -0.2) is 8.51 Å². The van der Waals surface area contributed by atoms with Crippen molar-refractivity contribution in [2.75, 3.05) is 6.54 Å². The van der Waals surface area contributed by atoms with Crippen LogP contribution in [0.25, 0.3) is 0 Å². The Hall–Kier alpha value is -0.420. The van der Waals surface area contributed by atoms with Crippen molar-refractivity contribution in [1.82, 2.24) is 4.31 Å². The number of rotatable bonds is 4. The van der Waals surface area contributed by atoms with Gasteiger partial charge in [-0.15, -0.1) is 0 Å². The van der Waals surface area contributed by atoms with Crippen molar-refractivity contribution in [2.45, 2.75) is 26.7 Å². The van der Waals surface area contributed by atoms with Crippen molar-refractivity contribution in [1.29, 1.82) is 0 Å². The van der Waals surface area contributed by atoms with Gasteiger partial charge in [-0.05, 0) is 6.42 Å². The molecule has 1 N–H and O–H groups in total. The van der Waals surface area contributed by atoms with Crippen molar-refractivity contribution in [3.05, 3.63) is 0 Å². The molecule has 4 nitrogen and oxygen atoms in total. The average Bonchev–Trinajstić information content (AvgIpc) is 1.87. The maximum absolute atomic E-state index is 10.7. The Morgan fingerprint density at radius 3 is 2.45 bits per heavy atom. The normalized spacial score (nSPS) is 12.6. The predicted octanol–water partition coefficient (Wildman–Crippen LogP) is 0.772. The first kappa shape index (κ1) is 10.6. The summed E-state index contributed by atoms with van der Waals surface area (Å²) in [6, 6.07) is 0. The van der Waals surface area contributed by atoms with E-state index in [-0.39, 0.29) is 5.91 Å². The largest absolute Gasteiger partial charge is 0.289 e. The Balaban J connectivity index is 3.90. The van der Waals surface area contributed by atoms with Crippen molar-refractivity contribution < 1.29 is 13.6 Å². The van der Waals surface area contributed by atoms with Crippen molar-refractivity contribution in [3.8, 4) is 0 Å². The van der Waals surface area contributed by atoms with E-state index in [2.05, 4.69) is 0 Å². The summed E-state index contributed by atoms with van der Waals surface area (Å²) in [4.78, 5) is 10.7. The fourth-order valence-corrected chi connectivity index (χ4v) is 1.15. The third kappa shape index (κ3) is 4.10. The minimum atomic E-state index is -2.15. The van der Waals surface area contributed by atoms with Gasteiger partial charge in [0, 0.05) is 13.5 Å². The minimum absolute atomic E-state index is 0.356. The first-order valence-electron chi connectivity index (χ1n) is 3.48. The van der Waals surface area contributed by atoms with Crippen LogP contribution in [0.5, 0.6) is 0 Å². The summed E-state index contributed by atoms with van der Waals surface area (Å²) in [7, 11) is 0. The van der Waals surface area contributed by atoms with Gasteiger partial charge in [-0.3, -0.25) is 9.35 Å². The molecule has 0 rings (SSSR count). The fourth-order valence-electron chi connectivity index (χ4n) is 0.647. The van der Waals surface area contributed by atoms with E-state index < -0.39 is 11.3 Å². The third-order valence-corrected chi connectivity index (χ3v) is 2.07. The van der Waals surface area contributed by atoms with Crippen LogP contribution in [-0.2, 0) is 16.1 Å². The molecule has 0 bridgehead atoms. The van der Waals surface area contributed by atoms with E-state index in [0.29, 0.717) is 6.54 Å². The summed E-state index contributed by atoms with van der Waals surface area (Å²) in [5, 5.41) is 0. The molecule has 0 aromatic heterocycles. The van der Waals surface area contributed by atoms with E-state index in [1.165, 1.54) is 6.92 Å². The molecule has 0 aliphatic rings. The number of nitrogens with zero attached hydrogens (tertiary/aromatic N) is 1. The summed E-state index contributed by atoms with van der Waals surface area (Å²) in [5.41, 5.74) is 0. The van der Waals surface area contributed by atoms with Gasteiger partial charge < -0.3 is 0 Å². The lowest BCUT2D eigenvalue weighted by Crippen LogP contribution is -2.31. The number of carbonyl (C=O) groups excluding carboxylic acids is 1. The highest BCUT2D eigenvalue weighted by Gasteiger charge is 2.12. The molecular weight excluding hydrogens is 166 g/mol. The van der Waals surface area contributed by atoms with Gasteiger partial charge in [-0.1, -0.05) is 13.3 Å². The Morgan fingerprint density at radius 1 is 1.64 bits per heavy atom. The van der Waals surface area contributed by atoms with Crippen LogP contribution >= 0.6 is 0 Å². The molecule has 0 saturated heterocycles. The summed E-state index contributed by atoms with van der Waals surface area (Å²) >= 11 is -2.15. The van der Waals surface area contributed by atoms with Crippen molar-refractivity contribution >= 4 is 17.2 Å². The van der Waals surface area contributed by atoms with Crippen LogP contribution in [0.2, 0.25) is 0 Å². The fraction of sp³-hybridized carbons (Fsp3) is 0.833. The molecule has 0 aromatic carbocycles. The second kappa shape index (κ2) is 5.26. The molecule has 1 atom stereocenters. The van der Waals surface area contributed by atoms with Gasteiger partial charge in [0.25, 0.3) is 11.3 Å². The van der Waals surface area contributed by atoms with Crippen molar-refractivity contribution in [2.24, 2.45) is 0 Å². The van der Waals surface area contributed by atoms with Gasteiger partial charge >= 0.3 is 0 Å². The Bertz CT molecular complexity index is 146. The zero-order chi connectivity index (χ0) is 8.85. The molecule has 1 unspecified atom stereocenters. The number of amides is 1. The maximum Gasteiger partial charge on any atom is 0.264 e. The van der Waals surface area contributed by atoms with Crippen molar-refractivity contribution in [3.63, 3.8) is 0 Å². The number of carbonyl (C=O) groups is 1. The van der Waals surface area contributed by atoms with E-state index in [4.69, 9.17) is 4.55 Å². The van der Waals surface area contributed by atoms with Crippen LogP contribution in [0.4, 0.5) is 0 Å². The van der Waals surface area contributed by atoms with E-state index in [0.717, 1.165) is 17.1 Å². The van der Waals surface area contributed by atoms with Crippen LogP contribution < -0.4 is 0 Å². The third-order valence-electron chi connectivity index (χ3n) is 1.25. The zero-order valence-corrected chi connectivity index (χ0v) is 7.56. The van der Waals surface area contributed by atoms with Gasteiger partial charge in [0.2, 0.25) is 5.91 Å². The first-order valence-corrected chi connectivity index (χ1v) is 4.55. The van der Waals surface area contributed by atoms with Crippen LogP contribution in [-0.4, -0.2) is 25.5 Å². The first-order chi connectivity index (χ1) is 5.09. The standard InChI is InChI=1S/C6H13NO3S/c1-3-4-5-7(6(2)8)11(9)10/h3-5H2,1-2H3,(H,9,10). The Morgan fingerprint density at radius 2 is 2.18 bits per heavy atom. The predicted molar refractivity (Wildman–Crippen MR) is 43.1 cm³/mol. The molecule has 1 amide bonds. The molecule has 5 heteroatoms. The molecular formula is C6H13NO3S. The summed E-state index contributed by atoms with van der Waals surface area (Å²) in [5.74, 6) is -0.362. The maximum atomic E-state index is 10.7. The lowest BCUT2D eigenvalue weighted by atomic mass is 10.3. The molecule has 0 saturated carbocycles. The van der Waals surface area contributed by atoms with Gasteiger partial charge in [0.05, 0.1) is 0 Å². The SMILES string of the molecule is CCCCN(C(C)=O)S(=O)O.